The average molecular weight is 650 g/mol. The molecule has 0 unspecified atom stereocenters. The van der Waals surface area contributed by atoms with Crippen LogP contribution in [0.4, 0.5) is 17.1 Å². The van der Waals surface area contributed by atoms with E-state index in [1.54, 1.807) is 0 Å². The van der Waals surface area contributed by atoms with Crippen molar-refractivity contribution >= 4 is 77.0 Å². The lowest BCUT2D eigenvalue weighted by Gasteiger charge is -2.25. The van der Waals surface area contributed by atoms with Gasteiger partial charge in [0, 0.05) is 49.7 Å². The van der Waals surface area contributed by atoms with Crippen molar-refractivity contribution in [2.45, 2.75) is 0 Å². The van der Waals surface area contributed by atoms with E-state index in [9.17, 15) is 0 Å². The van der Waals surface area contributed by atoms with Gasteiger partial charge in [0.25, 0.3) is 0 Å². The van der Waals surface area contributed by atoms with E-state index in [1.807, 2.05) is 0 Å². The molecule has 3 heteroatoms. The summed E-state index contributed by atoms with van der Waals surface area (Å²) in [4.78, 5) is 2.32. The van der Waals surface area contributed by atoms with Crippen LogP contribution in [0.1, 0.15) is 0 Å². The number of para-hydroxylation sites is 4. The molecule has 3 aromatic heterocycles. The molecule has 0 aliphatic carbocycles. The number of hydrogen-bond donors (Lipinski definition) is 0. The van der Waals surface area contributed by atoms with Crippen molar-refractivity contribution in [3.05, 3.63) is 188 Å². The van der Waals surface area contributed by atoms with Crippen molar-refractivity contribution in [2.24, 2.45) is 0 Å². The van der Waals surface area contributed by atoms with Gasteiger partial charge in [0.2, 0.25) is 0 Å². The summed E-state index contributed by atoms with van der Waals surface area (Å²) >= 11 is 0. The molecule has 0 aliphatic heterocycles. The van der Waals surface area contributed by atoms with Crippen molar-refractivity contribution in [1.29, 1.82) is 0 Å². The zero-order valence-electron chi connectivity index (χ0n) is 27.7. The minimum atomic E-state index is 1.12. The van der Waals surface area contributed by atoms with Crippen LogP contribution in [-0.2, 0) is 0 Å². The van der Waals surface area contributed by atoms with Crippen LogP contribution in [0.15, 0.2) is 188 Å². The molecule has 0 fully saturated rings. The molecule has 0 saturated carbocycles. The molecule has 51 heavy (non-hydrogen) atoms. The molecule has 0 aliphatic rings. The highest BCUT2D eigenvalue weighted by molar-refractivity contribution is 6.32. The Bertz CT molecular complexity index is 3010. The van der Waals surface area contributed by atoms with E-state index in [4.69, 9.17) is 0 Å². The highest BCUT2D eigenvalue weighted by Gasteiger charge is 2.23. The Labute approximate surface area is 294 Å². The normalized spacial score (nSPS) is 11.9. The maximum atomic E-state index is 2.53. The van der Waals surface area contributed by atoms with E-state index in [0.29, 0.717) is 0 Å². The van der Waals surface area contributed by atoms with Gasteiger partial charge in [0.05, 0.1) is 27.6 Å². The second-order valence-electron chi connectivity index (χ2n) is 13.3. The van der Waals surface area contributed by atoms with Gasteiger partial charge in [0.1, 0.15) is 0 Å². The van der Waals surface area contributed by atoms with Gasteiger partial charge >= 0.3 is 0 Å². The predicted molar refractivity (Wildman–Crippen MR) is 216 cm³/mol. The summed E-state index contributed by atoms with van der Waals surface area (Å²) in [7, 11) is 0. The van der Waals surface area contributed by atoms with Crippen molar-refractivity contribution in [1.82, 2.24) is 8.97 Å². The molecular formula is C48H31N3. The molecule has 0 spiro atoms. The van der Waals surface area contributed by atoms with Gasteiger partial charge in [-0.05, 0) is 89.3 Å². The number of anilines is 3. The lowest BCUT2D eigenvalue weighted by atomic mass is 9.96. The standard InChI is InChI=1S/C48H31N3/c1-4-14-33(15-5-1)49(34-16-6-2-7-17-34)36-28-26-32(27-29-36)37-30-31-39-38-21-12-23-42-46(38)47-43(50(42)35-18-8-3-9-19-35)24-13-25-44(47)51-41-22-11-10-20-40(41)45(37)48(39)51/h1-31H. The highest BCUT2D eigenvalue weighted by Crippen LogP contribution is 2.46. The van der Waals surface area contributed by atoms with Gasteiger partial charge in [-0.25, -0.2) is 0 Å². The van der Waals surface area contributed by atoms with E-state index < -0.39 is 0 Å². The van der Waals surface area contributed by atoms with Crippen LogP contribution in [0.2, 0.25) is 0 Å². The first kappa shape index (κ1) is 28.0. The van der Waals surface area contributed by atoms with Crippen LogP contribution in [0, 0.1) is 0 Å². The summed E-state index contributed by atoms with van der Waals surface area (Å²) in [5, 5.41) is 7.68. The first-order valence-corrected chi connectivity index (χ1v) is 17.5. The van der Waals surface area contributed by atoms with Crippen LogP contribution >= 0.6 is 0 Å². The Balaban J connectivity index is 1.21. The number of hydrogen-bond acceptors (Lipinski definition) is 1. The first-order valence-electron chi connectivity index (χ1n) is 17.5. The summed E-state index contributed by atoms with van der Waals surface area (Å²) in [6.45, 7) is 0. The lowest BCUT2D eigenvalue weighted by Crippen LogP contribution is -2.09. The molecular weight excluding hydrogens is 619 g/mol. The third kappa shape index (κ3) is 4.00. The number of aromatic nitrogens is 2. The second kappa shape index (κ2) is 10.8. The third-order valence-electron chi connectivity index (χ3n) is 10.6. The van der Waals surface area contributed by atoms with Gasteiger partial charge in [-0.2, -0.15) is 0 Å². The fourth-order valence-corrected chi connectivity index (χ4v) is 8.55. The van der Waals surface area contributed by atoms with Gasteiger partial charge in [-0.3, -0.25) is 0 Å². The van der Waals surface area contributed by atoms with E-state index >= 15 is 0 Å². The Hall–Kier alpha value is -6.84. The highest BCUT2D eigenvalue weighted by atomic mass is 15.1. The van der Waals surface area contributed by atoms with E-state index in [0.717, 1.165) is 17.1 Å². The quantitative estimate of drug-likeness (QED) is 0.181. The summed E-state index contributed by atoms with van der Waals surface area (Å²) < 4.78 is 4.96. The zero-order chi connectivity index (χ0) is 33.5. The fourth-order valence-electron chi connectivity index (χ4n) is 8.55. The molecule has 0 bridgehead atoms. The van der Waals surface area contributed by atoms with Gasteiger partial charge < -0.3 is 13.9 Å². The summed E-state index contributed by atoms with van der Waals surface area (Å²) in [6.07, 6.45) is 0. The molecule has 11 rings (SSSR count). The van der Waals surface area contributed by atoms with Crippen LogP contribution < -0.4 is 4.90 Å². The predicted octanol–water partition coefficient (Wildman–Crippen LogP) is 13.1. The summed E-state index contributed by atoms with van der Waals surface area (Å²) in [5.74, 6) is 0. The molecule has 11 aromatic rings. The van der Waals surface area contributed by atoms with Gasteiger partial charge in [0.15, 0.2) is 0 Å². The first-order chi connectivity index (χ1) is 25.3. The van der Waals surface area contributed by atoms with Crippen molar-refractivity contribution in [3.8, 4) is 16.8 Å². The van der Waals surface area contributed by atoms with Crippen LogP contribution in [0.25, 0.3) is 76.7 Å². The van der Waals surface area contributed by atoms with Crippen LogP contribution in [0.5, 0.6) is 0 Å². The molecule has 238 valence electrons. The minimum absolute atomic E-state index is 1.12. The topological polar surface area (TPSA) is 12.6 Å². The second-order valence-corrected chi connectivity index (χ2v) is 13.3. The summed E-state index contributed by atoms with van der Waals surface area (Å²) in [6, 6.07) is 68.2. The molecule has 8 aromatic carbocycles. The zero-order valence-corrected chi connectivity index (χ0v) is 27.7. The molecule has 3 heterocycles. The van der Waals surface area contributed by atoms with E-state index in [-0.39, 0.29) is 0 Å². The minimum Gasteiger partial charge on any atom is -0.311 e. The molecule has 0 atom stereocenters. The number of benzene rings is 8. The molecule has 0 radical (unpaired) electrons. The van der Waals surface area contributed by atoms with Crippen molar-refractivity contribution < 1.29 is 0 Å². The van der Waals surface area contributed by atoms with Gasteiger partial charge in [-0.1, -0.05) is 115 Å². The maximum Gasteiger partial charge on any atom is 0.0626 e. The molecule has 0 amide bonds. The molecule has 0 saturated heterocycles. The lowest BCUT2D eigenvalue weighted by molar-refractivity contribution is 1.18. The fraction of sp³-hybridized carbons (Fsp3) is 0. The van der Waals surface area contributed by atoms with E-state index in [2.05, 4.69) is 202 Å². The Kier molecular flexibility index (Phi) is 5.96. The molecule has 3 nitrogen and oxygen atoms in total. The van der Waals surface area contributed by atoms with Crippen molar-refractivity contribution in [3.63, 3.8) is 0 Å². The number of nitrogens with zero attached hydrogens (tertiary/aromatic N) is 3. The molecule has 0 N–H and O–H groups in total. The average Bonchev–Trinajstić information content (AvgIpc) is 3.69. The Morgan fingerprint density at radius 2 is 0.882 bits per heavy atom. The third-order valence-corrected chi connectivity index (χ3v) is 10.6. The summed E-state index contributed by atoms with van der Waals surface area (Å²) in [5.41, 5.74) is 13.1. The number of rotatable bonds is 5. The van der Waals surface area contributed by atoms with Gasteiger partial charge in [-0.15, -0.1) is 0 Å². The Morgan fingerprint density at radius 1 is 0.333 bits per heavy atom. The monoisotopic (exact) mass is 649 g/mol. The largest absolute Gasteiger partial charge is 0.311 e. The van der Waals surface area contributed by atoms with Crippen LogP contribution in [0.3, 0.4) is 0 Å². The van der Waals surface area contributed by atoms with E-state index in [1.165, 1.54) is 76.7 Å². The maximum absolute atomic E-state index is 2.53. The van der Waals surface area contributed by atoms with Crippen LogP contribution in [-0.4, -0.2) is 8.97 Å². The Morgan fingerprint density at radius 3 is 1.61 bits per heavy atom. The smallest absolute Gasteiger partial charge is 0.0626 e. The number of fused-ring (bicyclic) bond motifs is 5. The SMILES string of the molecule is c1ccc(N(c2ccccc2)c2ccc(-c3ccc4c5cccc6c5c5c(cccc5n5c7ccccc7c3c45)n6-c3ccccc3)cc2)cc1. The van der Waals surface area contributed by atoms with Crippen molar-refractivity contribution in [2.75, 3.05) is 4.90 Å².